The average molecular weight is 353 g/mol. The van der Waals surface area contributed by atoms with Gasteiger partial charge in [0.2, 0.25) is 15.9 Å². The minimum absolute atomic E-state index is 0.175. The number of anilines is 1. The topological polar surface area (TPSA) is 105 Å². The predicted octanol–water partition coefficient (Wildman–Crippen LogP) is 0.908. The summed E-state index contributed by atoms with van der Waals surface area (Å²) in [6, 6.07) is 6.06. The highest BCUT2D eigenvalue weighted by atomic mass is 32.2. The van der Waals surface area contributed by atoms with E-state index in [1.165, 1.54) is 23.4 Å². The first-order valence-electron chi connectivity index (χ1n) is 7.65. The summed E-state index contributed by atoms with van der Waals surface area (Å²) in [5.41, 5.74) is -0.0405. The number of amides is 2. The Balaban J connectivity index is 1.70. The zero-order valence-electron chi connectivity index (χ0n) is 13.2. The Morgan fingerprint density at radius 1 is 1.25 bits per heavy atom. The molecule has 0 unspecified atom stereocenters. The van der Waals surface area contributed by atoms with Crippen LogP contribution in [0.25, 0.3) is 0 Å². The van der Waals surface area contributed by atoms with Crippen LogP contribution in [0.15, 0.2) is 29.2 Å². The fourth-order valence-electron chi connectivity index (χ4n) is 2.98. The monoisotopic (exact) mass is 353 g/mol. The van der Waals surface area contributed by atoms with Gasteiger partial charge in [-0.05, 0) is 24.3 Å². The molecule has 2 heterocycles. The van der Waals surface area contributed by atoms with Crippen molar-refractivity contribution in [1.82, 2.24) is 9.62 Å². The highest BCUT2D eigenvalue weighted by molar-refractivity contribution is 7.89. The number of alkyl carbamates (subject to hydrolysis) is 1. The molecule has 0 aromatic heterocycles. The first-order chi connectivity index (χ1) is 11.3. The zero-order chi connectivity index (χ0) is 17.4. The molecule has 2 fully saturated rings. The third-order valence-electron chi connectivity index (χ3n) is 4.31. The second-order valence-electron chi connectivity index (χ2n) is 6.04. The van der Waals surface area contributed by atoms with Crippen molar-refractivity contribution >= 4 is 27.7 Å². The molecule has 2 amide bonds. The van der Waals surface area contributed by atoms with E-state index in [2.05, 4.69) is 10.6 Å². The van der Waals surface area contributed by atoms with Crippen LogP contribution >= 0.6 is 0 Å². The lowest BCUT2D eigenvalue weighted by molar-refractivity contribution is -0.114. The highest BCUT2D eigenvalue weighted by Crippen LogP contribution is 2.31. The molecule has 8 nitrogen and oxygen atoms in total. The lowest BCUT2D eigenvalue weighted by Crippen LogP contribution is -2.48. The number of nitrogens with zero attached hydrogens (tertiary/aromatic N) is 1. The largest absolute Gasteiger partial charge is 0.441 e. The summed E-state index contributed by atoms with van der Waals surface area (Å²) in [5, 5.41) is 5.22. The number of piperidine rings is 1. The summed E-state index contributed by atoms with van der Waals surface area (Å²) in [6.07, 6.45) is 0.490. The van der Waals surface area contributed by atoms with Gasteiger partial charge in [-0.25, -0.2) is 13.2 Å². The average Bonchev–Trinajstić information content (AvgIpc) is 2.88. The first kappa shape index (κ1) is 16.7. The van der Waals surface area contributed by atoms with Gasteiger partial charge in [0.05, 0.1) is 11.4 Å². The Bertz CT molecular complexity index is 752. The normalized spacial score (nSPS) is 20.5. The van der Waals surface area contributed by atoms with E-state index in [9.17, 15) is 18.0 Å². The highest BCUT2D eigenvalue weighted by Gasteiger charge is 2.45. The molecular weight excluding hydrogens is 334 g/mol. The maximum absolute atomic E-state index is 12.7. The van der Waals surface area contributed by atoms with Crippen molar-refractivity contribution in [3.8, 4) is 0 Å². The molecule has 3 rings (SSSR count). The van der Waals surface area contributed by atoms with Gasteiger partial charge in [0.1, 0.15) is 5.60 Å². The summed E-state index contributed by atoms with van der Waals surface area (Å²) in [7, 11) is -3.61. The molecule has 130 valence electrons. The number of nitrogens with one attached hydrogen (secondary N) is 2. The zero-order valence-corrected chi connectivity index (χ0v) is 14.1. The molecule has 2 N–H and O–H groups in total. The van der Waals surface area contributed by atoms with E-state index < -0.39 is 21.7 Å². The summed E-state index contributed by atoms with van der Waals surface area (Å²) >= 11 is 0. The number of sulfonamides is 1. The van der Waals surface area contributed by atoms with Crippen LogP contribution in [0.4, 0.5) is 10.5 Å². The number of carbonyl (C=O) groups excluding carboxylic acids is 2. The fraction of sp³-hybridized carbons (Fsp3) is 0.467. The van der Waals surface area contributed by atoms with Crippen LogP contribution in [0.1, 0.15) is 19.8 Å². The van der Waals surface area contributed by atoms with Gasteiger partial charge < -0.3 is 15.4 Å². The fourth-order valence-corrected chi connectivity index (χ4v) is 4.42. The van der Waals surface area contributed by atoms with Gasteiger partial charge in [-0.15, -0.1) is 0 Å². The lowest BCUT2D eigenvalue weighted by Gasteiger charge is -2.36. The van der Waals surface area contributed by atoms with Crippen LogP contribution in [0.2, 0.25) is 0 Å². The van der Waals surface area contributed by atoms with E-state index in [0.717, 1.165) is 0 Å². The summed E-state index contributed by atoms with van der Waals surface area (Å²) in [5.74, 6) is -0.216. The van der Waals surface area contributed by atoms with Crippen LogP contribution in [-0.4, -0.2) is 50.0 Å². The van der Waals surface area contributed by atoms with E-state index in [-0.39, 0.29) is 10.8 Å². The van der Waals surface area contributed by atoms with Crippen LogP contribution in [0, 0.1) is 0 Å². The van der Waals surface area contributed by atoms with Gasteiger partial charge in [0.15, 0.2) is 0 Å². The number of rotatable bonds is 3. The maximum atomic E-state index is 12.7. The van der Waals surface area contributed by atoms with Gasteiger partial charge in [-0.3, -0.25) is 4.79 Å². The number of benzene rings is 1. The van der Waals surface area contributed by atoms with Gasteiger partial charge in [-0.2, -0.15) is 4.31 Å². The second kappa shape index (κ2) is 6.06. The third kappa shape index (κ3) is 3.22. The Morgan fingerprint density at radius 2 is 1.88 bits per heavy atom. The Morgan fingerprint density at radius 3 is 2.38 bits per heavy atom. The summed E-state index contributed by atoms with van der Waals surface area (Å²) in [4.78, 5) is 22.4. The van der Waals surface area contributed by atoms with E-state index in [0.29, 0.717) is 38.2 Å². The molecule has 2 saturated heterocycles. The molecule has 0 atom stereocenters. The standard InChI is InChI=1S/C15H19N3O5S/c1-11(19)17-12-2-4-13(5-3-12)24(21,22)18-8-6-15(7-9-18)10-16-14(20)23-15/h2-5H,6-10H2,1H3,(H,16,20)(H,17,19). The van der Waals surface area contributed by atoms with Crippen molar-refractivity contribution in [2.75, 3.05) is 25.0 Å². The molecule has 24 heavy (non-hydrogen) atoms. The van der Waals surface area contributed by atoms with Crippen molar-refractivity contribution < 1.29 is 22.7 Å². The van der Waals surface area contributed by atoms with E-state index in [1.807, 2.05) is 0 Å². The molecule has 0 bridgehead atoms. The molecule has 1 aromatic rings. The minimum Gasteiger partial charge on any atom is -0.441 e. The van der Waals surface area contributed by atoms with Crippen LogP contribution in [0.5, 0.6) is 0 Å². The van der Waals surface area contributed by atoms with Gasteiger partial charge >= 0.3 is 6.09 Å². The molecule has 0 aliphatic carbocycles. The SMILES string of the molecule is CC(=O)Nc1ccc(S(=O)(=O)N2CCC3(CC2)CNC(=O)O3)cc1. The lowest BCUT2D eigenvalue weighted by atomic mass is 9.93. The number of ether oxygens (including phenoxy) is 1. The molecule has 0 radical (unpaired) electrons. The molecule has 1 aromatic carbocycles. The van der Waals surface area contributed by atoms with Crippen molar-refractivity contribution in [2.24, 2.45) is 0 Å². The molecule has 9 heteroatoms. The Labute approximate surface area is 140 Å². The molecule has 2 aliphatic heterocycles. The summed E-state index contributed by atoms with van der Waals surface area (Å²) < 4.78 is 32.1. The molecule has 0 saturated carbocycles. The third-order valence-corrected chi connectivity index (χ3v) is 6.22. The Kier molecular flexibility index (Phi) is 4.22. The van der Waals surface area contributed by atoms with Gasteiger partial charge in [-0.1, -0.05) is 0 Å². The predicted molar refractivity (Wildman–Crippen MR) is 86.0 cm³/mol. The molecule has 1 spiro atoms. The van der Waals surface area contributed by atoms with Crippen LogP contribution in [0.3, 0.4) is 0 Å². The van der Waals surface area contributed by atoms with Crippen molar-refractivity contribution in [3.63, 3.8) is 0 Å². The van der Waals surface area contributed by atoms with Crippen molar-refractivity contribution in [2.45, 2.75) is 30.3 Å². The van der Waals surface area contributed by atoms with E-state index in [1.54, 1.807) is 12.1 Å². The summed E-state index contributed by atoms with van der Waals surface area (Å²) in [6.45, 7) is 2.40. The Hall–Kier alpha value is -2.13. The smallest absolute Gasteiger partial charge is 0.407 e. The van der Waals surface area contributed by atoms with E-state index in [4.69, 9.17) is 4.74 Å². The van der Waals surface area contributed by atoms with Gasteiger partial charge in [0, 0.05) is 38.5 Å². The van der Waals surface area contributed by atoms with Crippen LogP contribution in [-0.2, 0) is 19.6 Å². The van der Waals surface area contributed by atoms with Crippen LogP contribution < -0.4 is 10.6 Å². The first-order valence-corrected chi connectivity index (χ1v) is 9.09. The maximum Gasteiger partial charge on any atom is 0.407 e. The van der Waals surface area contributed by atoms with Crippen molar-refractivity contribution in [1.29, 1.82) is 0 Å². The number of carbonyl (C=O) groups is 2. The number of hydrogen-bond donors (Lipinski definition) is 2. The minimum atomic E-state index is -3.61. The van der Waals surface area contributed by atoms with Crippen molar-refractivity contribution in [3.05, 3.63) is 24.3 Å². The molecular formula is C15H19N3O5S. The van der Waals surface area contributed by atoms with E-state index >= 15 is 0 Å². The molecule has 2 aliphatic rings. The van der Waals surface area contributed by atoms with Gasteiger partial charge in [0.25, 0.3) is 0 Å². The quantitative estimate of drug-likeness (QED) is 0.840. The second-order valence-corrected chi connectivity index (χ2v) is 7.97. The number of hydrogen-bond acceptors (Lipinski definition) is 5.